The van der Waals surface area contributed by atoms with E-state index in [0.29, 0.717) is 17.7 Å². The van der Waals surface area contributed by atoms with Gasteiger partial charge in [0.1, 0.15) is 6.07 Å². The van der Waals surface area contributed by atoms with E-state index in [1.165, 1.54) is 0 Å². The van der Waals surface area contributed by atoms with Gasteiger partial charge in [0.2, 0.25) is 0 Å². The van der Waals surface area contributed by atoms with E-state index in [0.717, 1.165) is 36.5 Å². The Balaban J connectivity index is 2.05. The van der Waals surface area contributed by atoms with Crippen LogP contribution in [0.2, 0.25) is 0 Å². The molecule has 0 unspecified atom stereocenters. The Kier molecular flexibility index (Phi) is 3.83. The number of nitrogens with one attached hydrogen (secondary N) is 1. The zero-order chi connectivity index (χ0) is 13.1. The highest BCUT2D eigenvalue weighted by Gasteiger charge is 2.30. The molecule has 4 heteroatoms. The van der Waals surface area contributed by atoms with Gasteiger partial charge in [-0.25, -0.2) is 0 Å². The van der Waals surface area contributed by atoms with Crippen molar-refractivity contribution in [3.05, 3.63) is 23.0 Å². The zero-order valence-corrected chi connectivity index (χ0v) is 11.2. The quantitative estimate of drug-likeness (QED) is 0.885. The summed E-state index contributed by atoms with van der Waals surface area (Å²) in [5, 5.41) is 12.6. The van der Waals surface area contributed by atoms with E-state index in [4.69, 9.17) is 4.74 Å². The van der Waals surface area contributed by atoms with Gasteiger partial charge in [0.15, 0.2) is 0 Å². The molecule has 0 amide bonds. The smallest absolute Gasteiger partial charge is 0.103 e. The van der Waals surface area contributed by atoms with Crippen LogP contribution >= 0.6 is 0 Å². The van der Waals surface area contributed by atoms with Gasteiger partial charge in [0, 0.05) is 18.3 Å². The molecule has 1 N–H and O–H groups in total. The summed E-state index contributed by atoms with van der Waals surface area (Å²) in [7, 11) is 0. The first-order valence-electron chi connectivity index (χ1n) is 6.40. The summed E-state index contributed by atoms with van der Waals surface area (Å²) in [6, 6.07) is 4.58. The van der Waals surface area contributed by atoms with Crippen LogP contribution in [0, 0.1) is 25.2 Å². The van der Waals surface area contributed by atoms with E-state index < -0.39 is 0 Å². The standard InChI is InChI=1S/C14H19N3O/c1-4-18-12-6-11(7-12)17-14-5-9(2)16-10(3)13(14)8-15/h5,11-12H,4,6-7H2,1-3H3,(H,16,17). The maximum atomic E-state index is 9.18. The average molecular weight is 245 g/mol. The van der Waals surface area contributed by atoms with E-state index in [1.807, 2.05) is 26.8 Å². The highest BCUT2D eigenvalue weighted by Crippen LogP contribution is 2.29. The van der Waals surface area contributed by atoms with Crippen molar-refractivity contribution in [1.82, 2.24) is 4.98 Å². The predicted octanol–water partition coefficient (Wildman–Crippen LogP) is 2.55. The van der Waals surface area contributed by atoms with Crippen LogP contribution in [-0.4, -0.2) is 23.7 Å². The first-order chi connectivity index (χ1) is 8.63. The summed E-state index contributed by atoms with van der Waals surface area (Å²) < 4.78 is 5.53. The van der Waals surface area contributed by atoms with Gasteiger partial charge < -0.3 is 10.1 Å². The maximum absolute atomic E-state index is 9.18. The number of aryl methyl sites for hydroxylation is 2. The van der Waals surface area contributed by atoms with Crippen LogP contribution in [0.15, 0.2) is 6.07 Å². The van der Waals surface area contributed by atoms with Gasteiger partial charge in [-0.1, -0.05) is 0 Å². The number of pyridine rings is 1. The molecular weight excluding hydrogens is 226 g/mol. The predicted molar refractivity (Wildman–Crippen MR) is 70.5 cm³/mol. The fourth-order valence-electron chi connectivity index (χ4n) is 2.36. The molecule has 0 aliphatic heterocycles. The van der Waals surface area contributed by atoms with Gasteiger partial charge in [0.25, 0.3) is 0 Å². The van der Waals surface area contributed by atoms with Crippen molar-refractivity contribution in [1.29, 1.82) is 5.26 Å². The molecule has 1 aliphatic carbocycles. The average Bonchev–Trinajstić information content (AvgIpc) is 2.25. The molecule has 0 aromatic carbocycles. The summed E-state index contributed by atoms with van der Waals surface area (Å²) in [5.41, 5.74) is 3.29. The SMILES string of the molecule is CCOC1CC(Nc2cc(C)nc(C)c2C#N)C1. The van der Waals surface area contributed by atoms with Gasteiger partial charge >= 0.3 is 0 Å². The van der Waals surface area contributed by atoms with E-state index in [1.54, 1.807) is 0 Å². The van der Waals surface area contributed by atoms with Crippen molar-refractivity contribution in [2.45, 2.75) is 45.8 Å². The number of nitrogens with zero attached hydrogens (tertiary/aromatic N) is 2. The van der Waals surface area contributed by atoms with E-state index >= 15 is 0 Å². The molecule has 0 bridgehead atoms. The van der Waals surface area contributed by atoms with Gasteiger partial charge in [-0.2, -0.15) is 5.26 Å². The van der Waals surface area contributed by atoms with Crippen molar-refractivity contribution in [3.8, 4) is 6.07 Å². The van der Waals surface area contributed by atoms with Crippen LogP contribution in [0.4, 0.5) is 5.69 Å². The van der Waals surface area contributed by atoms with Crippen LogP contribution in [0.3, 0.4) is 0 Å². The first-order valence-corrected chi connectivity index (χ1v) is 6.40. The summed E-state index contributed by atoms with van der Waals surface area (Å²) in [5.74, 6) is 0. The lowest BCUT2D eigenvalue weighted by Crippen LogP contribution is -2.41. The number of rotatable bonds is 4. The second kappa shape index (κ2) is 5.36. The molecule has 1 fully saturated rings. The minimum atomic E-state index is 0.377. The highest BCUT2D eigenvalue weighted by atomic mass is 16.5. The van der Waals surface area contributed by atoms with Crippen LogP contribution in [-0.2, 0) is 4.74 Å². The van der Waals surface area contributed by atoms with Gasteiger partial charge in [-0.15, -0.1) is 0 Å². The topological polar surface area (TPSA) is 57.9 Å². The van der Waals surface area contributed by atoms with Crippen LogP contribution in [0.1, 0.15) is 36.7 Å². The lowest BCUT2D eigenvalue weighted by Gasteiger charge is -2.36. The third-order valence-electron chi connectivity index (χ3n) is 3.30. The largest absolute Gasteiger partial charge is 0.381 e. The maximum Gasteiger partial charge on any atom is 0.103 e. The molecule has 1 aliphatic rings. The molecule has 96 valence electrons. The van der Waals surface area contributed by atoms with E-state index in [9.17, 15) is 5.26 Å². The number of anilines is 1. The van der Waals surface area contributed by atoms with E-state index in [-0.39, 0.29) is 0 Å². The molecule has 1 saturated carbocycles. The summed E-state index contributed by atoms with van der Waals surface area (Å²) in [6.45, 7) is 6.61. The number of hydrogen-bond donors (Lipinski definition) is 1. The Morgan fingerprint density at radius 2 is 2.22 bits per heavy atom. The molecule has 18 heavy (non-hydrogen) atoms. The van der Waals surface area contributed by atoms with Crippen molar-refractivity contribution in [2.24, 2.45) is 0 Å². The molecule has 0 saturated heterocycles. The monoisotopic (exact) mass is 245 g/mol. The Morgan fingerprint density at radius 1 is 1.50 bits per heavy atom. The molecule has 0 spiro atoms. The number of hydrogen-bond acceptors (Lipinski definition) is 4. The number of aromatic nitrogens is 1. The molecule has 1 aromatic heterocycles. The lowest BCUT2D eigenvalue weighted by molar-refractivity contribution is 0.00299. The molecule has 0 radical (unpaired) electrons. The minimum Gasteiger partial charge on any atom is -0.381 e. The Labute approximate surface area is 108 Å². The second-order valence-electron chi connectivity index (χ2n) is 4.77. The van der Waals surface area contributed by atoms with Crippen molar-refractivity contribution in [3.63, 3.8) is 0 Å². The summed E-state index contributed by atoms with van der Waals surface area (Å²) in [6.07, 6.45) is 2.40. The minimum absolute atomic E-state index is 0.377. The summed E-state index contributed by atoms with van der Waals surface area (Å²) >= 11 is 0. The fraction of sp³-hybridized carbons (Fsp3) is 0.571. The molecule has 2 rings (SSSR count). The highest BCUT2D eigenvalue weighted by molar-refractivity contribution is 5.60. The van der Waals surface area contributed by atoms with Crippen LogP contribution in [0.5, 0.6) is 0 Å². The van der Waals surface area contributed by atoms with Gasteiger partial charge in [0.05, 0.1) is 23.0 Å². The Bertz CT molecular complexity index is 473. The third-order valence-corrected chi connectivity index (χ3v) is 3.30. The molecular formula is C14H19N3O. The molecule has 4 nitrogen and oxygen atoms in total. The van der Waals surface area contributed by atoms with Crippen molar-refractivity contribution < 1.29 is 4.74 Å². The normalized spacial score (nSPS) is 22.1. The third kappa shape index (κ3) is 2.62. The first kappa shape index (κ1) is 12.8. The molecule has 0 atom stereocenters. The number of ether oxygens (including phenoxy) is 1. The van der Waals surface area contributed by atoms with Crippen LogP contribution in [0.25, 0.3) is 0 Å². The van der Waals surface area contributed by atoms with Gasteiger partial charge in [-0.05, 0) is 39.7 Å². The van der Waals surface area contributed by atoms with Crippen molar-refractivity contribution >= 4 is 5.69 Å². The number of nitriles is 1. The van der Waals surface area contributed by atoms with Gasteiger partial charge in [-0.3, -0.25) is 4.98 Å². The second-order valence-corrected chi connectivity index (χ2v) is 4.77. The lowest BCUT2D eigenvalue weighted by atomic mass is 9.88. The zero-order valence-electron chi connectivity index (χ0n) is 11.2. The Morgan fingerprint density at radius 3 is 2.83 bits per heavy atom. The fourth-order valence-corrected chi connectivity index (χ4v) is 2.36. The van der Waals surface area contributed by atoms with Crippen LogP contribution < -0.4 is 5.32 Å². The van der Waals surface area contributed by atoms with E-state index in [2.05, 4.69) is 16.4 Å². The van der Waals surface area contributed by atoms with Crippen molar-refractivity contribution in [2.75, 3.05) is 11.9 Å². The summed E-state index contributed by atoms with van der Waals surface area (Å²) in [4.78, 5) is 4.31. The Hall–Kier alpha value is -1.60. The molecule has 1 heterocycles. The molecule has 1 aromatic rings.